The molecule has 2 rings (SSSR count). The molecule has 3 heteroatoms. The second-order valence-corrected chi connectivity index (χ2v) is 5.18. The van der Waals surface area contributed by atoms with Crippen LogP contribution in [-0.2, 0) is 0 Å². The van der Waals surface area contributed by atoms with Crippen LogP contribution in [0.4, 0.5) is 0 Å². The van der Waals surface area contributed by atoms with Crippen LogP contribution in [0.1, 0.15) is 43.5 Å². The molecule has 0 saturated heterocycles. The maximum atomic E-state index is 10.4. The largest absolute Gasteiger partial charge is 0.387 e. The van der Waals surface area contributed by atoms with Crippen molar-refractivity contribution in [3.63, 3.8) is 0 Å². The number of rotatable bonds is 6. The predicted molar refractivity (Wildman–Crippen MR) is 90.7 cm³/mol. The van der Waals surface area contributed by atoms with Crippen LogP contribution < -0.4 is 5.32 Å². The summed E-state index contributed by atoms with van der Waals surface area (Å²) in [6.45, 7) is 4.19. The van der Waals surface area contributed by atoms with E-state index in [1.165, 1.54) is 5.56 Å². The molecule has 0 radical (unpaired) electrons. The molecule has 0 spiro atoms. The van der Waals surface area contributed by atoms with Crippen LogP contribution in [-0.4, -0.2) is 11.1 Å². The highest BCUT2D eigenvalue weighted by atomic mass is 35.5. The van der Waals surface area contributed by atoms with Gasteiger partial charge in [0.25, 0.3) is 0 Å². The van der Waals surface area contributed by atoms with Crippen molar-refractivity contribution in [2.75, 3.05) is 0 Å². The SMILES string of the molecule is CC[C@@H](N[C@@H](C)[C@H](O)c1ccccc1)c1ccccc1.Cl. The molecular weight excluding hydrogens is 282 g/mol. The van der Waals surface area contributed by atoms with E-state index in [0.29, 0.717) is 0 Å². The van der Waals surface area contributed by atoms with E-state index in [-0.39, 0.29) is 24.5 Å². The summed E-state index contributed by atoms with van der Waals surface area (Å²) in [5.74, 6) is 0. The van der Waals surface area contributed by atoms with Crippen molar-refractivity contribution in [1.29, 1.82) is 0 Å². The lowest BCUT2D eigenvalue weighted by Gasteiger charge is -2.26. The molecule has 0 aliphatic carbocycles. The first-order chi connectivity index (χ1) is 9.72. The van der Waals surface area contributed by atoms with Crippen LogP contribution in [0.3, 0.4) is 0 Å². The fraction of sp³-hybridized carbons (Fsp3) is 0.333. The topological polar surface area (TPSA) is 32.3 Å². The smallest absolute Gasteiger partial charge is 0.0940 e. The lowest BCUT2D eigenvalue weighted by molar-refractivity contribution is 0.129. The monoisotopic (exact) mass is 305 g/mol. The molecule has 0 heterocycles. The van der Waals surface area contributed by atoms with Gasteiger partial charge in [-0.1, -0.05) is 67.6 Å². The zero-order valence-electron chi connectivity index (χ0n) is 12.6. The number of hydrogen-bond donors (Lipinski definition) is 2. The molecule has 2 N–H and O–H groups in total. The number of benzene rings is 2. The zero-order chi connectivity index (χ0) is 14.4. The highest BCUT2D eigenvalue weighted by molar-refractivity contribution is 5.85. The van der Waals surface area contributed by atoms with Gasteiger partial charge in [-0.05, 0) is 24.5 Å². The Morgan fingerprint density at radius 1 is 0.905 bits per heavy atom. The molecule has 2 nitrogen and oxygen atoms in total. The average Bonchev–Trinajstić information content (AvgIpc) is 2.53. The summed E-state index contributed by atoms with van der Waals surface area (Å²) in [7, 11) is 0. The standard InChI is InChI=1S/C18H23NO.ClH/c1-3-17(15-10-6-4-7-11-15)19-14(2)18(20)16-12-8-5-9-13-16;/h4-14,17-20H,3H2,1-2H3;1H/t14-,17+,18-;/m0./s1. The van der Waals surface area contributed by atoms with Gasteiger partial charge < -0.3 is 10.4 Å². The van der Waals surface area contributed by atoms with Gasteiger partial charge in [0, 0.05) is 12.1 Å². The molecule has 2 aromatic carbocycles. The molecule has 114 valence electrons. The van der Waals surface area contributed by atoms with Crippen LogP contribution in [0.5, 0.6) is 0 Å². The predicted octanol–water partition coefficient (Wildman–Crippen LogP) is 4.27. The van der Waals surface area contributed by atoms with E-state index in [1.54, 1.807) is 0 Å². The van der Waals surface area contributed by atoms with Crippen molar-refractivity contribution >= 4 is 12.4 Å². The third-order valence-corrected chi connectivity index (χ3v) is 3.69. The first kappa shape index (κ1) is 17.7. The minimum absolute atomic E-state index is 0. The first-order valence-corrected chi connectivity index (χ1v) is 7.26. The zero-order valence-corrected chi connectivity index (χ0v) is 13.4. The molecule has 0 saturated carbocycles. The van der Waals surface area contributed by atoms with E-state index in [1.807, 2.05) is 43.3 Å². The van der Waals surface area contributed by atoms with Gasteiger partial charge in [0.2, 0.25) is 0 Å². The fourth-order valence-electron chi connectivity index (χ4n) is 2.48. The maximum Gasteiger partial charge on any atom is 0.0940 e. The normalized spacial score (nSPS) is 14.8. The van der Waals surface area contributed by atoms with E-state index in [9.17, 15) is 5.11 Å². The fourth-order valence-corrected chi connectivity index (χ4v) is 2.48. The highest BCUT2D eigenvalue weighted by Gasteiger charge is 2.19. The van der Waals surface area contributed by atoms with Crippen molar-refractivity contribution in [2.24, 2.45) is 0 Å². The second-order valence-electron chi connectivity index (χ2n) is 5.18. The number of aliphatic hydroxyl groups excluding tert-OH is 1. The molecule has 0 fully saturated rings. The lowest BCUT2D eigenvalue weighted by atomic mass is 9.99. The van der Waals surface area contributed by atoms with Crippen LogP contribution in [0.25, 0.3) is 0 Å². The molecule has 0 aliphatic rings. The molecule has 2 aromatic rings. The van der Waals surface area contributed by atoms with Gasteiger partial charge >= 0.3 is 0 Å². The summed E-state index contributed by atoms with van der Waals surface area (Å²) in [6.07, 6.45) is 0.504. The van der Waals surface area contributed by atoms with Gasteiger partial charge in [-0.3, -0.25) is 0 Å². The molecule has 3 atom stereocenters. The summed E-state index contributed by atoms with van der Waals surface area (Å²) in [5.41, 5.74) is 2.22. The molecule has 0 unspecified atom stereocenters. The van der Waals surface area contributed by atoms with Crippen molar-refractivity contribution in [2.45, 2.75) is 38.5 Å². The third-order valence-electron chi connectivity index (χ3n) is 3.69. The van der Waals surface area contributed by atoms with Crippen LogP contribution in [0.15, 0.2) is 60.7 Å². The second kappa shape index (κ2) is 8.83. The summed E-state index contributed by atoms with van der Waals surface area (Å²) < 4.78 is 0. The number of nitrogens with one attached hydrogen (secondary N) is 1. The van der Waals surface area contributed by atoms with Gasteiger partial charge in [-0.25, -0.2) is 0 Å². The Kier molecular flexibility index (Phi) is 7.44. The van der Waals surface area contributed by atoms with Gasteiger partial charge in [-0.2, -0.15) is 0 Å². The Morgan fingerprint density at radius 2 is 1.38 bits per heavy atom. The van der Waals surface area contributed by atoms with E-state index in [2.05, 4.69) is 36.5 Å². The Hall–Kier alpha value is -1.35. The Labute approximate surface area is 133 Å². The summed E-state index contributed by atoms with van der Waals surface area (Å²) >= 11 is 0. The number of halogens is 1. The quantitative estimate of drug-likeness (QED) is 0.835. The van der Waals surface area contributed by atoms with Crippen LogP contribution in [0, 0.1) is 0 Å². The van der Waals surface area contributed by atoms with E-state index < -0.39 is 6.10 Å². The Bertz CT molecular complexity index is 503. The van der Waals surface area contributed by atoms with Crippen molar-refractivity contribution in [1.82, 2.24) is 5.32 Å². The number of hydrogen-bond acceptors (Lipinski definition) is 2. The maximum absolute atomic E-state index is 10.4. The van der Waals surface area contributed by atoms with Gasteiger partial charge in [0.05, 0.1) is 6.10 Å². The molecular formula is C18H24ClNO. The average molecular weight is 306 g/mol. The van der Waals surface area contributed by atoms with E-state index in [4.69, 9.17) is 0 Å². The first-order valence-electron chi connectivity index (χ1n) is 7.26. The minimum Gasteiger partial charge on any atom is -0.387 e. The van der Waals surface area contributed by atoms with Crippen LogP contribution in [0.2, 0.25) is 0 Å². The van der Waals surface area contributed by atoms with Gasteiger partial charge in [-0.15, -0.1) is 12.4 Å². The number of aliphatic hydroxyl groups is 1. The lowest BCUT2D eigenvalue weighted by Crippen LogP contribution is -2.35. The van der Waals surface area contributed by atoms with E-state index >= 15 is 0 Å². The molecule has 0 aliphatic heterocycles. The van der Waals surface area contributed by atoms with Gasteiger partial charge in [0.1, 0.15) is 0 Å². The van der Waals surface area contributed by atoms with Crippen molar-refractivity contribution in [3.8, 4) is 0 Å². The summed E-state index contributed by atoms with van der Waals surface area (Å²) in [5, 5.41) is 13.9. The highest BCUT2D eigenvalue weighted by Crippen LogP contribution is 2.22. The van der Waals surface area contributed by atoms with Gasteiger partial charge in [0.15, 0.2) is 0 Å². The molecule has 0 bridgehead atoms. The minimum atomic E-state index is -0.492. The molecule has 0 amide bonds. The Morgan fingerprint density at radius 3 is 1.86 bits per heavy atom. The van der Waals surface area contributed by atoms with E-state index in [0.717, 1.165) is 12.0 Å². The van der Waals surface area contributed by atoms with Crippen LogP contribution >= 0.6 is 12.4 Å². The molecule has 21 heavy (non-hydrogen) atoms. The summed E-state index contributed by atoms with van der Waals surface area (Å²) in [6, 6.07) is 20.5. The van der Waals surface area contributed by atoms with Crippen molar-refractivity contribution < 1.29 is 5.11 Å². The summed E-state index contributed by atoms with van der Waals surface area (Å²) in [4.78, 5) is 0. The Balaban J connectivity index is 0.00000220. The third kappa shape index (κ3) is 4.85. The van der Waals surface area contributed by atoms with Crippen molar-refractivity contribution in [3.05, 3.63) is 71.8 Å². The molecule has 0 aromatic heterocycles.